The quantitative estimate of drug-likeness (QED) is 0.406. The largest absolute Gasteiger partial charge is 0.319 e. The van der Waals surface area contributed by atoms with E-state index in [1.165, 1.54) is 0 Å². The number of hydrogen-bond donors (Lipinski definition) is 1. The summed E-state index contributed by atoms with van der Waals surface area (Å²) >= 11 is 9.61. The molecule has 4 aromatic rings. The summed E-state index contributed by atoms with van der Waals surface area (Å²) in [5.41, 5.74) is 3.24. The van der Waals surface area contributed by atoms with Crippen LogP contribution in [0.3, 0.4) is 0 Å². The van der Waals surface area contributed by atoms with Crippen LogP contribution >= 0.6 is 27.5 Å². The van der Waals surface area contributed by atoms with Crippen LogP contribution in [0.15, 0.2) is 77.3 Å². The maximum Gasteiger partial charge on any atom is 0.295 e. The van der Waals surface area contributed by atoms with Crippen LogP contribution in [-0.2, 0) is 0 Å². The first-order chi connectivity index (χ1) is 14.0. The van der Waals surface area contributed by atoms with Crippen molar-refractivity contribution < 1.29 is 4.79 Å². The topological polar surface area (TPSA) is 59.8 Å². The Bertz CT molecular complexity index is 1190. The van der Waals surface area contributed by atoms with Gasteiger partial charge in [-0.3, -0.25) is 4.79 Å². The molecule has 0 aliphatic rings. The molecule has 0 radical (unpaired) electrons. The highest BCUT2D eigenvalue weighted by Gasteiger charge is 2.20. The molecule has 1 aromatic heterocycles. The van der Waals surface area contributed by atoms with Gasteiger partial charge in [-0.25, -0.2) is 9.67 Å². The van der Waals surface area contributed by atoms with E-state index in [1.807, 2.05) is 73.7 Å². The van der Waals surface area contributed by atoms with Crippen LogP contribution < -0.4 is 5.32 Å². The Morgan fingerprint density at radius 1 is 1.03 bits per heavy atom. The number of carbonyl (C=O) groups is 1. The molecule has 0 fully saturated rings. The Hall–Kier alpha value is -2.96. The first-order valence-electron chi connectivity index (χ1n) is 8.87. The molecular weight excluding hydrogens is 452 g/mol. The summed E-state index contributed by atoms with van der Waals surface area (Å²) in [5.74, 6) is 0.247. The molecule has 1 amide bonds. The molecule has 144 valence electrons. The summed E-state index contributed by atoms with van der Waals surface area (Å²) in [5, 5.41) is 7.92. The van der Waals surface area contributed by atoms with Crippen LogP contribution in [0.2, 0.25) is 5.02 Å². The molecule has 1 N–H and O–H groups in total. The minimum atomic E-state index is -0.390. The third kappa shape index (κ3) is 4.23. The number of nitrogens with zero attached hydrogens (tertiary/aromatic N) is 3. The van der Waals surface area contributed by atoms with Gasteiger partial charge in [0.25, 0.3) is 5.91 Å². The van der Waals surface area contributed by atoms with Gasteiger partial charge >= 0.3 is 0 Å². The molecular formula is C22H16BrClN4O. The van der Waals surface area contributed by atoms with Gasteiger partial charge in [0, 0.05) is 20.7 Å². The van der Waals surface area contributed by atoms with Gasteiger partial charge < -0.3 is 5.32 Å². The minimum absolute atomic E-state index is 0.0724. The highest BCUT2D eigenvalue weighted by Crippen LogP contribution is 2.26. The summed E-state index contributed by atoms with van der Waals surface area (Å²) in [6, 6.07) is 22.5. The summed E-state index contributed by atoms with van der Waals surface area (Å²) < 4.78 is 2.53. The molecule has 0 aliphatic carbocycles. The van der Waals surface area contributed by atoms with Gasteiger partial charge in [0.15, 0.2) is 5.82 Å². The smallest absolute Gasteiger partial charge is 0.295 e. The van der Waals surface area contributed by atoms with E-state index in [-0.39, 0.29) is 5.82 Å². The van der Waals surface area contributed by atoms with Gasteiger partial charge in [0.2, 0.25) is 5.82 Å². The Morgan fingerprint density at radius 2 is 1.83 bits per heavy atom. The molecule has 5 nitrogen and oxygen atoms in total. The van der Waals surface area contributed by atoms with E-state index < -0.39 is 5.91 Å². The van der Waals surface area contributed by atoms with Gasteiger partial charge in [0.05, 0.1) is 5.69 Å². The second-order valence-electron chi connectivity index (χ2n) is 6.43. The fourth-order valence-corrected chi connectivity index (χ4v) is 3.48. The Balaban J connectivity index is 1.79. The van der Waals surface area contributed by atoms with Crippen LogP contribution in [0, 0.1) is 6.92 Å². The van der Waals surface area contributed by atoms with E-state index in [1.54, 1.807) is 10.7 Å². The van der Waals surface area contributed by atoms with E-state index in [2.05, 4.69) is 31.3 Å². The standard InChI is InChI=1S/C22H16BrClN4O/c1-14-10-11-17(24)13-19(14)28-21(15-6-3-2-4-7-15)26-20(27-28)22(29)25-18-9-5-8-16(23)12-18/h2-13H,1H3,(H,25,29). The number of aryl methyl sites for hydroxylation is 1. The number of nitrogens with one attached hydrogen (secondary N) is 1. The monoisotopic (exact) mass is 466 g/mol. The number of anilines is 1. The summed E-state index contributed by atoms with van der Waals surface area (Å²) in [6.07, 6.45) is 0. The van der Waals surface area contributed by atoms with E-state index in [0.29, 0.717) is 16.5 Å². The average molecular weight is 468 g/mol. The second-order valence-corrected chi connectivity index (χ2v) is 7.78. The highest BCUT2D eigenvalue weighted by molar-refractivity contribution is 9.10. The summed E-state index contributed by atoms with van der Waals surface area (Å²) in [6.45, 7) is 1.96. The van der Waals surface area contributed by atoms with Crippen LogP contribution in [0.1, 0.15) is 16.2 Å². The van der Waals surface area contributed by atoms with Crippen LogP contribution in [0.4, 0.5) is 5.69 Å². The second kappa shape index (κ2) is 8.19. The lowest BCUT2D eigenvalue weighted by atomic mass is 10.2. The van der Waals surface area contributed by atoms with Crippen LogP contribution in [0.5, 0.6) is 0 Å². The Kier molecular flexibility index (Phi) is 5.47. The zero-order valence-corrected chi connectivity index (χ0v) is 17.8. The predicted octanol–water partition coefficient (Wildman–Crippen LogP) is 5.91. The molecule has 0 saturated carbocycles. The van der Waals surface area contributed by atoms with Crippen molar-refractivity contribution in [1.82, 2.24) is 14.8 Å². The number of rotatable bonds is 4. The fraction of sp³-hybridized carbons (Fsp3) is 0.0455. The molecule has 0 atom stereocenters. The average Bonchev–Trinajstić information content (AvgIpc) is 3.16. The van der Waals surface area contributed by atoms with Crippen molar-refractivity contribution in [1.29, 1.82) is 0 Å². The lowest BCUT2D eigenvalue weighted by Gasteiger charge is -2.09. The zero-order chi connectivity index (χ0) is 20.4. The lowest BCUT2D eigenvalue weighted by molar-refractivity contribution is 0.101. The molecule has 0 unspecified atom stereocenters. The molecule has 3 aromatic carbocycles. The van der Waals surface area contributed by atoms with Gasteiger partial charge in [-0.05, 0) is 42.8 Å². The SMILES string of the molecule is Cc1ccc(Cl)cc1-n1nc(C(=O)Nc2cccc(Br)c2)nc1-c1ccccc1. The maximum absolute atomic E-state index is 12.8. The number of benzene rings is 3. The highest BCUT2D eigenvalue weighted by atomic mass is 79.9. The van der Waals surface area contributed by atoms with Gasteiger partial charge in [0.1, 0.15) is 0 Å². The molecule has 7 heteroatoms. The van der Waals surface area contributed by atoms with E-state index >= 15 is 0 Å². The number of hydrogen-bond acceptors (Lipinski definition) is 3. The molecule has 0 spiro atoms. The van der Waals surface area contributed by atoms with Gasteiger partial charge in [-0.2, -0.15) is 0 Å². The van der Waals surface area contributed by atoms with Crippen molar-refractivity contribution in [3.8, 4) is 17.1 Å². The van der Waals surface area contributed by atoms with Crippen molar-refractivity contribution in [2.45, 2.75) is 6.92 Å². The fourth-order valence-electron chi connectivity index (χ4n) is 2.91. The number of halogens is 2. The third-order valence-corrected chi connectivity index (χ3v) is 5.05. The van der Waals surface area contributed by atoms with E-state index in [4.69, 9.17) is 11.6 Å². The van der Waals surface area contributed by atoms with Crippen molar-refractivity contribution in [3.05, 3.63) is 93.7 Å². The molecule has 0 aliphatic heterocycles. The molecule has 1 heterocycles. The van der Waals surface area contributed by atoms with Crippen LogP contribution in [-0.4, -0.2) is 20.7 Å². The minimum Gasteiger partial charge on any atom is -0.319 e. The van der Waals surface area contributed by atoms with Gasteiger partial charge in [-0.1, -0.05) is 70.0 Å². The summed E-state index contributed by atoms with van der Waals surface area (Å²) in [7, 11) is 0. The van der Waals surface area contributed by atoms with Crippen molar-refractivity contribution in [2.75, 3.05) is 5.32 Å². The predicted molar refractivity (Wildman–Crippen MR) is 119 cm³/mol. The maximum atomic E-state index is 12.8. The Labute approximate surface area is 181 Å². The number of amides is 1. The molecule has 4 rings (SSSR count). The van der Waals surface area contributed by atoms with Gasteiger partial charge in [-0.15, -0.1) is 5.10 Å². The summed E-state index contributed by atoms with van der Waals surface area (Å²) in [4.78, 5) is 17.3. The molecule has 0 bridgehead atoms. The van der Waals surface area contributed by atoms with E-state index in [0.717, 1.165) is 21.3 Å². The first kappa shape index (κ1) is 19.4. The van der Waals surface area contributed by atoms with Crippen molar-refractivity contribution >= 4 is 39.1 Å². The molecule has 29 heavy (non-hydrogen) atoms. The number of carbonyl (C=O) groups excluding carboxylic acids is 1. The van der Waals surface area contributed by atoms with Crippen molar-refractivity contribution in [2.24, 2.45) is 0 Å². The van der Waals surface area contributed by atoms with Crippen molar-refractivity contribution in [3.63, 3.8) is 0 Å². The Morgan fingerprint density at radius 3 is 2.59 bits per heavy atom. The lowest BCUT2D eigenvalue weighted by Crippen LogP contribution is -2.14. The normalized spacial score (nSPS) is 10.7. The third-order valence-electron chi connectivity index (χ3n) is 4.32. The number of aromatic nitrogens is 3. The first-order valence-corrected chi connectivity index (χ1v) is 10.0. The van der Waals surface area contributed by atoms with Crippen LogP contribution in [0.25, 0.3) is 17.1 Å². The molecule has 0 saturated heterocycles. The van der Waals surface area contributed by atoms with E-state index in [9.17, 15) is 4.79 Å². The zero-order valence-electron chi connectivity index (χ0n) is 15.4.